The van der Waals surface area contributed by atoms with Crippen LogP contribution in [0.5, 0.6) is 17.2 Å². The summed E-state index contributed by atoms with van der Waals surface area (Å²) in [6, 6.07) is 3.59. The number of aromatic amines is 1. The topological polar surface area (TPSA) is 92.8 Å². The second kappa shape index (κ2) is 8.95. The van der Waals surface area contributed by atoms with Crippen molar-refractivity contribution in [1.82, 2.24) is 10.3 Å². The average molecular weight is 427 g/mol. The number of ether oxygens (including phenoxy) is 3. The van der Waals surface area contributed by atoms with Crippen LogP contribution in [0.1, 0.15) is 29.5 Å². The Balaban J connectivity index is 2.68. The molecule has 0 aliphatic rings. The predicted molar refractivity (Wildman–Crippen MR) is 103 cm³/mol. The molecule has 0 bridgehead atoms. The summed E-state index contributed by atoms with van der Waals surface area (Å²) >= 11 is 3.43. The lowest BCUT2D eigenvalue weighted by atomic mass is 10.0. The zero-order chi connectivity index (χ0) is 19.3. The van der Waals surface area contributed by atoms with Crippen LogP contribution in [0.4, 0.5) is 0 Å². The molecule has 3 N–H and O–H groups in total. The largest absolute Gasteiger partial charge is 0.493 e. The molecule has 1 aromatic carbocycles. The van der Waals surface area contributed by atoms with Gasteiger partial charge in [-0.1, -0.05) is 6.92 Å². The van der Waals surface area contributed by atoms with Crippen molar-refractivity contribution in [2.24, 2.45) is 0 Å². The minimum atomic E-state index is -1.04. The highest BCUT2D eigenvalue weighted by atomic mass is 79.9. The number of carbonyl (C=O) groups is 1. The van der Waals surface area contributed by atoms with Crippen LogP contribution in [-0.2, 0) is 6.54 Å². The lowest BCUT2D eigenvalue weighted by molar-refractivity contribution is 0.0690. The van der Waals surface area contributed by atoms with Gasteiger partial charge < -0.3 is 29.6 Å². The highest BCUT2D eigenvalue weighted by molar-refractivity contribution is 9.10. The van der Waals surface area contributed by atoms with Crippen molar-refractivity contribution in [3.05, 3.63) is 28.0 Å². The van der Waals surface area contributed by atoms with E-state index in [1.54, 1.807) is 13.2 Å². The minimum Gasteiger partial charge on any atom is -0.493 e. The molecule has 8 heteroatoms. The Morgan fingerprint density at radius 3 is 2.42 bits per heavy atom. The Hall–Kier alpha value is -2.19. The van der Waals surface area contributed by atoms with Gasteiger partial charge in [0.2, 0.25) is 5.75 Å². The van der Waals surface area contributed by atoms with Crippen molar-refractivity contribution in [2.45, 2.75) is 19.9 Å². The van der Waals surface area contributed by atoms with E-state index in [1.807, 2.05) is 6.07 Å². The number of H-pyrrole nitrogens is 1. The number of nitrogens with one attached hydrogen (secondary N) is 2. The fourth-order valence-electron chi connectivity index (χ4n) is 2.77. The fourth-order valence-corrected chi connectivity index (χ4v) is 3.50. The Morgan fingerprint density at radius 1 is 1.19 bits per heavy atom. The predicted octanol–water partition coefficient (Wildman–Crippen LogP) is 3.67. The molecule has 0 saturated carbocycles. The molecule has 0 radical (unpaired) electrons. The molecule has 0 amide bonds. The smallest absolute Gasteiger partial charge is 0.353 e. The second-order valence-corrected chi connectivity index (χ2v) is 6.32. The summed E-state index contributed by atoms with van der Waals surface area (Å²) in [5, 5.41) is 12.8. The number of rotatable bonds is 9. The van der Waals surface area contributed by atoms with Crippen molar-refractivity contribution < 1.29 is 24.1 Å². The van der Waals surface area contributed by atoms with Gasteiger partial charge in [0.25, 0.3) is 0 Å². The number of benzene rings is 1. The van der Waals surface area contributed by atoms with E-state index in [0.717, 1.165) is 18.7 Å². The maximum Gasteiger partial charge on any atom is 0.353 e. The van der Waals surface area contributed by atoms with Crippen LogP contribution in [0.15, 0.2) is 16.6 Å². The van der Waals surface area contributed by atoms with Gasteiger partial charge in [-0.2, -0.15) is 0 Å². The van der Waals surface area contributed by atoms with E-state index < -0.39 is 5.97 Å². The summed E-state index contributed by atoms with van der Waals surface area (Å²) in [4.78, 5) is 14.6. The number of hydrogen-bond acceptors (Lipinski definition) is 5. The molecule has 7 nitrogen and oxygen atoms in total. The quantitative estimate of drug-likeness (QED) is 0.529. The molecular weight excluding hydrogens is 404 g/mol. The Labute approximate surface area is 160 Å². The van der Waals surface area contributed by atoms with E-state index >= 15 is 0 Å². The van der Waals surface area contributed by atoms with Crippen LogP contribution >= 0.6 is 15.9 Å². The minimum absolute atomic E-state index is 0.0881. The molecule has 0 fully saturated rings. The van der Waals surface area contributed by atoms with Crippen molar-refractivity contribution in [1.29, 1.82) is 0 Å². The van der Waals surface area contributed by atoms with Crippen LogP contribution < -0.4 is 19.5 Å². The van der Waals surface area contributed by atoms with Crippen molar-refractivity contribution in [3.8, 4) is 28.4 Å². The van der Waals surface area contributed by atoms with E-state index in [4.69, 9.17) is 14.2 Å². The van der Waals surface area contributed by atoms with Crippen molar-refractivity contribution in [2.75, 3.05) is 27.9 Å². The summed E-state index contributed by atoms with van der Waals surface area (Å²) in [7, 11) is 4.61. The second-order valence-electron chi connectivity index (χ2n) is 5.53. The van der Waals surface area contributed by atoms with Crippen LogP contribution in [-0.4, -0.2) is 43.9 Å². The van der Waals surface area contributed by atoms with Crippen LogP contribution in [0.2, 0.25) is 0 Å². The molecule has 0 aliphatic carbocycles. The molecule has 0 atom stereocenters. The van der Waals surface area contributed by atoms with Gasteiger partial charge in [-0.3, -0.25) is 0 Å². The van der Waals surface area contributed by atoms with Gasteiger partial charge in [0.1, 0.15) is 5.69 Å². The molecule has 0 saturated heterocycles. The Bertz CT molecular complexity index is 788. The van der Waals surface area contributed by atoms with Gasteiger partial charge in [-0.15, -0.1) is 0 Å². The van der Waals surface area contributed by atoms with E-state index in [2.05, 4.69) is 33.2 Å². The molecule has 26 heavy (non-hydrogen) atoms. The fraction of sp³-hybridized carbons (Fsp3) is 0.389. The first kappa shape index (κ1) is 20.1. The van der Waals surface area contributed by atoms with Gasteiger partial charge >= 0.3 is 5.97 Å². The molecule has 0 aliphatic heterocycles. The van der Waals surface area contributed by atoms with Crippen molar-refractivity contribution >= 4 is 21.9 Å². The van der Waals surface area contributed by atoms with E-state index in [-0.39, 0.29) is 5.69 Å². The third kappa shape index (κ3) is 3.81. The summed E-state index contributed by atoms with van der Waals surface area (Å²) < 4.78 is 16.8. The first-order valence-electron chi connectivity index (χ1n) is 8.13. The number of carboxylic acid groups (broad SMARTS) is 1. The summed E-state index contributed by atoms with van der Waals surface area (Å²) in [5.41, 5.74) is 2.25. The molecule has 0 spiro atoms. The maximum absolute atomic E-state index is 11.6. The Kier molecular flexibility index (Phi) is 6.93. The summed E-state index contributed by atoms with van der Waals surface area (Å²) in [6.07, 6.45) is 0.975. The molecule has 1 aromatic heterocycles. The standard InChI is InChI=1S/C18H23BrN2O5/c1-5-8-20-9-11-13(14(19)15(21-11)18(22)23)10-6-7-12(24-2)17(26-4)16(10)25-3/h6-7,20-21H,5,8-9H2,1-4H3,(H,22,23). The van der Waals surface area contributed by atoms with E-state index in [9.17, 15) is 9.90 Å². The number of carboxylic acids is 1. The number of halogens is 1. The van der Waals surface area contributed by atoms with E-state index in [1.165, 1.54) is 14.2 Å². The summed E-state index contributed by atoms with van der Waals surface area (Å²) in [5.74, 6) is 0.411. The van der Waals surface area contributed by atoms with Gasteiger partial charge in [-0.25, -0.2) is 4.79 Å². The SMILES string of the molecule is CCCNCc1[nH]c(C(=O)O)c(Br)c1-c1ccc(OC)c(OC)c1OC. The number of aromatic nitrogens is 1. The van der Waals surface area contributed by atoms with Crippen LogP contribution in [0, 0.1) is 0 Å². The highest BCUT2D eigenvalue weighted by Crippen LogP contribution is 2.47. The summed E-state index contributed by atoms with van der Waals surface area (Å²) in [6.45, 7) is 3.38. The number of aromatic carboxylic acids is 1. The van der Waals surface area contributed by atoms with Gasteiger partial charge in [0, 0.05) is 23.4 Å². The lowest BCUT2D eigenvalue weighted by Crippen LogP contribution is -2.15. The average Bonchev–Trinajstić information content (AvgIpc) is 2.96. The lowest BCUT2D eigenvalue weighted by Gasteiger charge is -2.16. The molecule has 142 valence electrons. The van der Waals surface area contributed by atoms with Crippen molar-refractivity contribution in [3.63, 3.8) is 0 Å². The first-order chi connectivity index (χ1) is 12.5. The molecule has 1 heterocycles. The molecule has 2 aromatic rings. The Morgan fingerprint density at radius 2 is 1.88 bits per heavy atom. The first-order valence-corrected chi connectivity index (χ1v) is 8.93. The number of hydrogen-bond donors (Lipinski definition) is 3. The molecule has 0 unspecified atom stereocenters. The van der Waals surface area contributed by atoms with Crippen LogP contribution in [0.25, 0.3) is 11.1 Å². The normalized spacial score (nSPS) is 10.7. The maximum atomic E-state index is 11.6. The third-order valence-corrected chi connectivity index (χ3v) is 4.73. The monoisotopic (exact) mass is 426 g/mol. The van der Waals surface area contributed by atoms with Crippen LogP contribution in [0.3, 0.4) is 0 Å². The molecule has 2 rings (SSSR count). The zero-order valence-electron chi connectivity index (χ0n) is 15.2. The zero-order valence-corrected chi connectivity index (χ0v) is 16.8. The van der Waals surface area contributed by atoms with Gasteiger partial charge in [-0.05, 0) is 41.0 Å². The van der Waals surface area contributed by atoms with Gasteiger partial charge in [0.15, 0.2) is 11.5 Å². The van der Waals surface area contributed by atoms with E-state index in [0.29, 0.717) is 39.4 Å². The highest BCUT2D eigenvalue weighted by Gasteiger charge is 2.26. The molecular formula is C18H23BrN2O5. The number of methoxy groups -OCH3 is 3. The third-order valence-electron chi connectivity index (χ3n) is 3.93. The van der Waals surface area contributed by atoms with Gasteiger partial charge in [0.05, 0.1) is 25.8 Å².